The second-order valence-corrected chi connectivity index (χ2v) is 8.59. The van der Waals surface area contributed by atoms with Gasteiger partial charge in [-0.05, 0) is 30.0 Å². The van der Waals surface area contributed by atoms with Crippen LogP contribution >= 0.6 is 0 Å². The van der Waals surface area contributed by atoms with Crippen molar-refractivity contribution < 1.29 is 19.2 Å². The zero-order valence-electron chi connectivity index (χ0n) is 19.2. The van der Waals surface area contributed by atoms with Gasteiger partial charge in [-0.1, -0.05) is 56.3 Å². The molecule has 174 valence electrons. The molecule has 0 aliphatic carbocycles. The third-order valence-electron chi connectivity index (χ3n) is 5.69. The van der Waals surface area contributed by atoms with E-state index in [0.29, 0.717) is 6.42 Å². The van der Waals surface area contributed by atoms with Crippen LogP contribution in [-0.4, -0.2) is 59.2 Å². The fourth-order valence-electron chi connectivity index (χ4n) is 4.01. The number of imide groups is 1. The molecule has 0 aromatic heterocycles. The molecule has 1 aliphatic heterocycles. The number of nitrogens with one attached hydrogen (secondary N) is 1. The number of hydrogen-bond donors (Lipinski definition) is 2. The van der Waals surface area contributed by atoms with Gasteiger partial charge in [0.2, 0.25) is 11.8 Å². The smallest absolute Gasteiger partial charge is 0.263 e. The minimum absolute atomic E-state index is 0.151. The average Bonchev–Trinajstić information content (AvgIpc) is 3.05. The first-order chi connectivity index (χ1) is 15.7. The molecule has 8 nitrogen and oxygen atoms in total. The third-order valence-corrected chi connectivity index (χ3v) is 5.69. The average molecular weight is 451 g/mol. The number of rotatable bonds is 9. The predicted molar refractivity (Wildman–Crippen MR) is 124 cm³/mol. The van der Waals surface area contributed by atoms with Gasteiger partial charge in [-0.2, -0.15) is 0 Å². The molecular formula is C25H30N4O4. The molecule has 0 saturated carbocycles. The van der Waals surface area contributed by atoms with E-state index in [-0.39, 0.29) is 30.1 Å². The van der Waals surface area contributed by atoms with Crippen LogP contribution in [-0.2, 0) is 16.0 Å². The first-order valence-electron chi connectivity index (χ1n) is 11.0. The van der Waals surface area contributed by atoms with Crippen molar-refractivity contribution in [2.75, 3.05) is 13.7 Å². The summed E-state index contributed by atoms with van der Waals surface area (Å²) in [6.07, 6.45) is 0.618. The van der Waals surface area contributed by atoms with E-state index in [0.717, 1.165) is 10.5 Å². The van der Waals surface area contributed by atoms with Crippen LogP contribution in [0.15, 0.2) is 54.6 Å². The molecule has 0 saturated heterocycles. The van der Waals surface area contributed by atoms with E-state index < -0.39 is 35.7 Å². The molecule has 1 heterocycles. The van der Waals surface area contributed by atoms with Crippen LogP contribution in [0.5, 0.6) is 0 Å². The number of benzene rings is 2. The Morgan fingerprint density at radius 1 is 0.970 bits per heavy atom. The molecule has 3 rings (SSSR count). The normalized spacial score (nSPS) is 14.8. The van der Waals surface area contributed by atoms with Gasteiger partial charge in [0.25, 0.3) is 11.8 Å². The van der Waals surface area contributed by atoms with Crippen molar-refractivity contribution in [1.82, 2.24) is 15.1 Å². The number of carbonyl (C=O) groups is 4. The molecule has 2 aromatic carbocycles. The summed E-state index contributed by atoms with van der Waals surface area (Å²) in [5.74, 6) is -1.73. The Labute approximate surface area is 193 Å². The highest BCUT2D eigenvalue weighted by atomic mass is 16.2. The molecule has 8 heteroatoms. The molecule has 2 aromatic rings. The van der Waals surface area contributed by atoms with Crippen molar-refractivity contribution in [2.24, 2.45) is 11.7 Å². The van der Waals surface area contributed by atoms with Gasteiger partial charge in [-0.25, -0.2) is 0 Å². The first kappa shape index (κ1) is 24.1. The largest absolute Gasteiger partial charge is 0.357 e. The van der Waals surface area contributed by atoms with Crippen molar-refractivity contribution in [2.45, 2.75) is 38.8 Å². The maximum Gasteiger partial charge on any atom is 0.263 e. The summed E-state index contributed by atoms with van der Waals surface area (Å²) >= 11 is 0. The number of likely N-dealkylation sites (N-methyl/N-ethyl adjacent to an activating group) is 1. The van der Waals surface area contributed by atoms with E-state index in [4.69, 9.17) is 5.73 Å². The number of hydrogen-bond acceptors (Lipinski definition) is 5. The van der Waals surface area contributed by atoms with Crippen LogP contribution in [0.2, 0.25) is 0 Å². The maximum absolute atomic E-state index is 13.5. The van der Waals surface area contributed by atoms with Gasteiger partial charge >= 0.3 is 0 Å². The van der Waals surface area contributed by atoms with Crippen molar-refractivity contribution >= 4 is 23.6 Å². The second-order valence-electron chi connectivity index (χ2n) is 8.59. The fraction of sp³-hybridized carbons (Fsp3) is 0.360. The topological polar surface area (TPSA) is 113 Å². The Morgan fingerprint density at radius 3 is 2.03 bits per heavy atom. The van der Waals surface area contributed by atoms with Gasteiger partial charge < -0.3 is 16.0 Å². The molecule has 4 amide bonds. The quantitative estimate of drug-likeness (QED) is 0.566. The molecule has 0 unspecified atom stereocenters. The monoisotopic (exact) mass is 450 g/mol. The van der Waals surface area contributed by atoms with Crippen LogP contribution in [0.4, 0.5) is 0 Å². The van der Waals surface area contributed by atoms with E-state index in [1.165, 1.54) is 11.9 Å². The molecule has 33 heavy (non-hydrogen) atoms. The lowest BCUT2D eigenvalue weighted by molar-refractivity contribution is -0.143. The standard InChI is InChI=1S/C25H30N4O4/c1-16(2)13-20(26)25(33)28(21(22(30)27-3)14-17-9-5-4-6-10-17)15-29-23(31)18-11-7-8-12-19(18)24(29)32/h4-12,16,20-21H,13-15,26H2,1-3H3,(H,27,30)/t20-,21-/m0/s1. The summed E-state index contributed by atoms with van der Waals surface area (Å²) in [6.45, 7) is 3.53. The number of nitrogens with zero attached hydrogens (tertiary/aromatic N) is 2. The molecule has 0 fully saturated rings. The lowest BCUT2D eigenvalue weighted by atomic mass is 10.00. The summed E-state index contributed by atoms with van der Waals surface area (Å²) < 4.78 is 0. The summed E-state index contributed by atoms with van der Waals surface area (Å²) in [5.41, 5.74) is 7.60. The first-order valence-corrected chi connectivity index (χ1v) is 11.0. The zero-order valence-corrected chi connectivity index (χ0v) is 19.2. The van der Waals surface area contributed by atoms with Crippen LogP contribution in [0.1, 0.15) is 46.5 Å². The van der Waals surface area contributed by atoms with Crippen molar-refractivity contribution in [3.05, 3.63) is 71.3 Å². The van der Waals surface area contributed by atoms with E-state index in [1.807, 2.05) is 44.2 Å². The van der Waals surface area contributed by atoms with Gasteiger partial charge in [-0.3, -0.25) is 24.1 Å². The highest BCUT2D eigenvalue weighted by molar-refractivity contribution is 6.21. The van der Waals surface area contributed by atoms with Crippen LogP contribution in [0, 0.1) is 5.92 Å². The Balaban J connectivity index is 1.97. The van der Waals surface area contributed by atoms with Crippen LogP contribution < -0.4 is 11.1 Å². The van der Waals surface area contributed by atoms with Gasteiger partial charge in [0.1, 0.15) is 12.7 Å². The molecular weight excluding hydrogens is 420 g/mol. The summed E-state index contributed by atoms with van der Waals surface area (Å²) in [7, 11) is 1.49. The SMILES string of the molecule is CNC(=O)[C@H](Cc1ccccc1)N(CN1C(=O)c2ccccc2C1=O)C(=O)[C@@H](N)CC(C)C. The van der Waals surface area contributed by atoms with E-state index in [9.17, 15) is 19.2 Å². The van der Waals surface area contributed by atoms with Crippen LogP contribution in [0.3, 0.4) is 0 Å². The lowest BCUT2D eigenvalue weighted by Gasteiger charge is -2.35. The molecule has 0 radical (unpaired) electrons. The second kappa shape index (κ2) is 10.4. The molecule has 0 spiro atoms. The van der Waals surface area contributed by atoms with Gasteiger partial charge in [0, 0.05) is 13.5 Å². The Hall–Kier alpha value is -3.52. The Bertz CT molecular complexity index is 1000. The third kappa shape index (κ3) is 5.28. The molecule has 1 aliphatic rings. The number of fused-ring (bicyclic) bond motifs is 1. The lowest BCUT2D eigenvalue weighted by Crippen LogP contribution is -2.58. The van der Waals surface area contributed by atoms with Crippen molar-refractivity contribution in [1.29, 1.82) is 0 Å². The summed E-state index contributed by atoms with van der Waals surface area (Å²) in [4.78, 5) is 54.6. The van der Waals surface area contributed by atoms with E-state index in [1.54, 1.807) is 24.3 Å². The number of amides is 4. The Kier molecular flexibility index (Phi) is 7.60. The highest BCUT2D eigenvalue weighted by Gasteiger charge is 2.40. The van der Waals surface area contributed by atoms with Gasteiger partial charge in [0.05, 0.1) is 17.2 Å². The predicted octanol–water partition coefficient (Wildman–Crippen LogP) is 1.80. The molecule has 0 bridgehead atoms. The number of nitrogens with two attached hydrogens (primary N) is 1. The van der Waals surface area contributed by atoms with Gasteiger partial charge in [-0.15, -0.1) is 0 Å². The minimum Gasteiger partial charge on any atom is -0.357 e. The van der Waals surface area contributed by atoms with E-state index >= 15 is 0 Å². The molecule has 3 N–H and O–H groups in total. The van der Waals surface area contributed by atoms with Crippen molar-refractivity contribution in [3.63, 3.8) is 0 Å². The van der Waals surface area contributed by atoms with E-state index in [2.05, 4.69) is 5.32 Å². The van der Waals surface area contributed by atoms with Gasteiger partial charge in [0.15, 0.2) is 0 Å². The fourth-order valence-corrected chi connectivity index (χ4v) is 4.01. The van der Waals surface area contributed by atoms with Crippen LogP contribution in [0.25, 0.3) is 0 Å². The van der Waals surface area contributed by atoms with Crippen molar-refractivity contribution in [3.8, 4) is 0 Å². The maximum atomic E-state index is 13.5. The summed E-state index contributed by atoms with van der Waals surface area (Å²) in [5, 5.41) is 2.60. The highest BCUT2D eigenvalue weighted by Crippen LogP contribution is 2.24. The minimum atomic E-state index is -0.951. The zero-order chi connectivity index (χ0) is 24.1. The summed E-state index contributed by atoms with van der Waals surface area (Å²) in [6, 6.07) is 13.9. The Morgan fingerprint density at radius 2 is 1.52 bits per heavy atom. The molecule has 2 atom stereocenters. The number of carbonyl (C=O) groups excluding carboxylic acids is 4.